The predicted molar refractivity (Wildman–Crippen MR) is 88.0 cm³/mol. The monoisotopic (exact) mass is 365 g/mol. The van der Waals surface area contributed by atoms with Crippen molar-refractivity contribution in [1.29, 1.82) is 0 Å². The molecule has 22 heavy (non-hydrogen) atoms. The van der Waals surface area contributed by atoms with E-state index in [1.54, 1.807) is 19.1 Å². The number of hydrogen-bond donors (Lipinski definition) is 2. The van der Waals surface area contributed by atoms with Crippen LogP contribution in [0.2, 0.25) is 10.0 Å². The Hall–Kier alpha value is -1.02. The van der Waals surface area contributed by atoms with Crippen LogP contribution >= 0.6 is 23.2 Å². The van der Waals surface area contributed by atoms with E-state index in [1.165, 1.54) is 10.4 Å². The third kappa shape index (κ3) is 4.25. The van der Waals surface area contributed by atoms with E-state index in [1.807, 2.05) is 0 Å². The van der Waals surface area contributed by atoms with Gasteiger partial charge < -0.3 is 10.6 Å². The zero-order valence-corrected chi connectivity index (χ0v) is 14.3. The van der Waals surface area contributed by atoms with Crippen molar-refractivity contribution in [2.75, 3.05) is 30.7 Å². The van der Waals surface area contributed by atoms with Crippen LogP contribution in [0.15, 0.2) is 18.2 Å². The van der Waals surface area contributed by atoms with E-state index in [2.05, 4.69) is 10.6 Å². The highest BCUT2D eigenvalue weighted by Gasteiger charge is 2.34. The first kappa shape index (κ1) is 17.3. The van der Waals surface area contributed by atoms with Gasteiger partial charge in [0.15, 0.2) is 0 Å². The Morgan fingerprint density at radius 1 is 1.36 bits per heavy atom. The lowest BCUT2D eigenvalue weighted by atomic mass is 10.0. The van der Waals surface area contributed by atoms with Gasteiger partial charge in [0.05, 0.1) is 16.5 Å². The summed E-state index contributed by atoms with van der Waals surface area (Å²) in [6, 6.07) is 4.39. The number of rotatable bonds is 5. The van der Waals surface area contributed by atoms with Gasteiger partial charge in [-0.25, -0.2) is 17.5 Å². The van der Waals surface area contributed by atoms with Crippen LogP contribution in [0.1, 0.15) is 6.92 Å². The van der Waals surface area contributed by atoms with Gasteiger partial charge in [-0.1, -0.05) is 23.2 Å². The van der Waals surface area contributed by atoms with Crippen molar-refractivity contribution in [1.82, 2.24) is 9.62 Å². The average molecular weight is 366 g/mol. The van der Waals surface area contributed by atoms with Gasteiger partial charge in [-0.2, -0.15) is 0 Å². The van der Waals surface area contributed by atoms with E-state index >= 15 is 0 Å². The number of nitrogens with zero attached hydrogens (tertiary/aromatic N) is 1. The fraction of sp³-hybridized carbons (Fsp3) is 0.462. The summed E-state index contributed by atoms with van der Waals surface area (Å²) >= 11 is 11.7. The minimum absolute atomic E-state index is 0.0999. The van der Waals surface area contributed by atoms with Crippen LogP contribution < -0.4 is 10.6 Å². The van der Waals surface area contributed by atoms with Gasteiger partial charge in [0.25, 0.3) is 0 Å². The molecule has 0 bridgehead atoms. The lowest BCUT2D eigenvalue weighted by molar-refractivity contribution is 0.195. The fourth-order valence-corrected chi connectivity index (χ4v) is 3.75. The normalized spacial score (nSPS) is 16.1. The van der Waals surface area contributed by atoms with Crippen molar-refractivity contribution >= 4 is 44.9 Å². The molecule has 9 heteroatoms. The number of halogens is 2. The Kier molecular flexibility index (Phi) is 5.55. The summed E-state index contributed by atoms with van der Waals surface area (Å²) < 4.78 is 24.6. The van der Waals surface area contributed by atoms with Gasteiger partial charge in [0.2, 0.25) is 10.0 Å². The second-order valence-corrected chi connectivity index (χ2v) is 8.14. The number of sulfonamides is 1. The topological polar surface area (TPSA) is 78.5 Å². The molecule has 0 aromatic heterocycles. The molecule has 1 aliphatic heterocycles. The largest absolute Gasteiger partial charge is 0.337 e. The van der Waals surface area contributed by atoms with Crippen LogP contribution in [0.5, 0.6) is 0 Å². The number of anilines is 1. The van der Waals surface area contributed by atoms with E-state index in [0.29, 0.717) is 35.4 Å². The molecule has 1 aromatic carbocycles. The first-order chi connectivity index (χ1) is 10.3. The van der Waals surface area contributed by atoms with Crippen molar-refractivity contribution in [3.05, 3.63) is 28.2 Å². The number of nitrogens with one attached hydrogen (secondary N) is 2. The van der Waals surface area contributed by atoms with Crippen molar-refractivity contribution in [3.8, 4) is 0 Å². The number of benzene rings is 1. The molecule has 0 radical (unpaired) electrons. The molecule has 2 N–H and O–H groups in total. The Morgan fingerprint density at radius 3 is 2.64 bits per heavy atom. The van der Waals surface area contributed by atoms with Gasteiger partial charge in [-0.05, 0) is 25.1 Å². The quantitative estimate of drug-likeness (QED) is 0.840. The molecular formula is C13H17Cl2N3O3S. The maximum atomic E-state index is 11.8. The number of urea groups is 1. The maximum Gasteiger partial charge on any atom is 0.319 e. The smallest absolute Gasteiger partial charge is 0.319 e. The van der Waals surface area contributed by atoms with Gasteiger partial charge in [-0.15, -0.1) is 0 Å². The second-order valence-electron chi connectivity index (χ2n) is 5.04. The van der Waals surface area contributed by atoms with Gasteiger partial charge in [0, 0.05) is 30.6 Å². The zero-order chi connectivity index (χ0) is 16.3. The first-order valence-electron chi connectivity index (χ1n) is 6.79. The van der Waals surface area contributed by atoms with E-state index in [0.717, 1.165) is 0 Å². The van der Waals surface area contributed by atoms with Crippen molar-refractivity contribution in [2.45, 2.75) is 6.92 Å². The third-order valence-corrected chi connectivity index (χ3v) is 5.77. The number of amides is 2. The minimum atomic E-state index is -3.12. The maximum absolute atomic E-state index is 11.8. The SMILES string of the molecule is CCS(=O)(=O)N1CC(CNC(=O)Nc2ccc(Cl)cc2Cl)C1. The molecule has 1 aromatic rings. The van der Waals surface area contributed by atoms with Gasteiger partial charge >= 0.3 is 6.03 Å². The summed E-state index contributed by atoms with van der Waals surface area (Å²) in [4.78, 5) is 11.8. The molecule has 2 amide bonds. The van der Waals surface area contributed by atoms with E-state index in [9.17, 15) is 13.2 Å². The molecule has 6 nitrogen and oxygen atoms in total. The molecule has 0 unspecified atom stereocenters. The molecule has 1 saturated heterocycles. The molecule has 0 aliphatic carbocycles. The van der Waals surface area contributed by atoms with Gasteiger partial charge in [-0.3, -0.25) is 0 Å². The molecule has 0 atom stereocenters. The standard InChI is InChI=1S/C13H17Cl2N3O3S/c1-2-22(20,21)18-7-9(8-18)6-16-13(19)17-12-4-3-10(14)5-11(12)15/h3-5,9H,2,6-8H2,1H3,(H2,16,17,19). The van der Waals surface area contributed by atoms with Crippen LogP contribution in [-0.2, 0) is 10.0 Å². The van der Waals surface area contributed by atoms with Crippen LogP contribution in [-0.4, -0.2) is 44.1 Å². The number of carbonyl (C=O) groups is 1. The average Bonchev–Trinajstić information content (AvgIpc) is 2.40. The minimum Gasteiger partial charge on any atom is -0.337 e. The molecule has 0 spiro atoms. The first-order valence-corrected chi connectivity index (χ1v) is 9.16. The summed E-state index contributed by atoms with van der Waals surface area (Å²) in [6.07, 6.45) is 0. The Bertz CT molecular complexity index is 660. The van der Waals surface area contributed by atoms with Crippen molar-refractivity contribution in [2.24, 2.45) is 5.92 Å². The highest BCUT2D eigenvalue weighted by Crippen LogP contribution is 2.25. The highest BCUT2D eigenvalue weighted by molar-refractivity contribution is 7.89. The molecule has 1 aliphatic rings. The molecular weight excluding hydrogens is 349 g/mol. The summed E-state index contributed by atoms with van der Waals surface area (Å²) in [6.45, 7) is 2.91. The second kappa shape index (κ2) is 7.04. The van der Waals surface area contributed by atoms with Crippen LogP contribution in [0.25, 0.3) is 0 Å². The summed E-state index contributed by atoms with van der Waals surface area (Å²) in [7, 11) is -3.12. The number of hydrogen-bond acceptors (Lipinski definition) is 3. The summed E-state index contributed by atoms with van der Waals surface area (Å²) in [5.74, 6) is 0.232. The summed E-state index contributed by atoms with van der Waals surface area (Å²) in [5.41, 5.74) is 0.465. The van der Waals surface area contributed by atoms with Crippen LogP contribution in [0.4, 0.5) is 10.5 Å². The Balaban J connectivity index is 1.76. The highest BCUT2D eigenvalue weighted by atomic mass is 35.5. The van der Waals surface area contributed by atoms with Crippen LogP contribution in [0, 0.1) is 5.92 Å². The third-order valence-electron chi connectivity index (χ3n) is 3.41. The molecule has 2 rings (SSSR count). The molecule has 1 heterocycles. The van der Waals surface area contributed by atoms with Gasteiger partial charge in [0.1, 0.15) is 0 Å². The summed E-state index contributed by atoms with van der Waals surface area (Å²) in [5, 5.41) is 6.16. The van der Waals surface area contributed by atoms with Crippen LogP contribution in [0.3, 0.4) is 0 Å². The van der Waals surface area contributed by atoms with E-state index < -0.39 is 10.0 Å². The molecule has 0 saturated carbocycles. The molecule has 122 valence electrons. The molecule has 1 fully saturated rings. The van der Waals surface area contributed by atoms with E-state index in [-0.39, 0.29) is 17.7 Å². The van der Waals surface area contributed by atoms with Crippen molar-refractivity contribution in [3.63, 3.8) is 0 Å². The Labute approximate surface area is 139 Å². The van der Waals surface area contributed by atoms with E-state index in [4.69, 9.17) is 23.2 Å². The Morgan fingerprint density at radius 2 is 2.05 bits per heavy atom. The predicted octanol–water partition coefficient (Wildman–Crippen LogP) is 2.40. The lowest BCUT2D eigenvalue weighted by Gasteiger charge is -2.37. The lowest BCUT2D eigenvalue weighted by Crippen LogP contribution is -2.54. The number of carbonyl (C=O) groups excluding carboxylic acids is 1. The van der Waals surface area contributed by atoms with Crippen molar-refractivity contribution < 1.29 is 13.2 Å². The zero-order valence-electron chi connectivity index (χ0n) is 12.0. The fourth-order valence-electron chi connectivity index (χ4n) is 2.06.